The molecule has 0 amide bonds. The lowest BCUT2D eigenvalue weighted by Gasteiger charge is -2.58. The number of aliphatic hydroxyl groups is 2. The molecule has 4 heteroatoms. The second kappa shape index (κ2) is 6.54. The third kappa shape index (κ3) is 2.57. The summed E-state index contributed by atoms with van der Waals surface area (Å²) in [5, 5.41) is 20.5. The monoisotopic (exact) mass is 390 g/mol. The van der Waals surface area contributed by atoms with Gasteiger partial charge < -0.3 is 19.7 Å². The van der Waals surface area contributed by atoms with Crippen LogP contribution >= 0.6 is 0 Å². The SMILES string of the molecule is CC1(C2[C@H](CO)CC3C4CC=C5CC(O)CCC5(C)C4CCC32C)OCCO1. The van der Waals surface area contributed by atoms with E-state index in [4.69, 9.17) is 9.47 Å². The van der Waals surface area contributed by atoms with E-state index in [1.54, 1.807) is 0 Å². The van der Waals surface area contributed by atoms with Crippen LogP contribution in [0.15, 0.2) is 11.6 Å². The zero-order chi connectivity index (χ0) is 19.7. The summed E-state index contributed by atoms with van der Waals surface area (Å²) in [7, 11) is 0. The molecule has 1 aliphatic heterocycles. The predicted molar refractivity (Wildman–Crippen MR) is 107 cm³/mol. The van der Waals surface area contributed by atoms with E-state index in [0.29, 0.717) is 25.0 Å². The van der Waals surface area contributed by atoms with Crippen LogP contribution in [0.4, 0.5) is 0 Å². The standard InChI is InChI=1S/C24H38O4/c1-22-8-6-17(26)13-16(22)4-5-18-19(22)7-9-23(2)20(18)12-15(14-25)21(23)24(3)27-10-11-28-24/h4,15,17-21,25-26H,5-14H2,1-3H3/t15-,17?,18?,19?,20?,21?,22?,23?/m0/s1. The first kappa shape index (κ1) is 19.5. The van der Waals surface area contributed by atoms with Gasteiger partial charge in [0.05, 0.1) is 19.3 Å². The van der Waals surface area contributed by atoms with Gasteiger partial charge in [-0.2, -0.15) is 0 Å². The van der Waals surface area contributed by atoms with Crippen molar-refractivity contribution in [3.8, 4) is 0 Å². The predicted octanol–water partition coefficient (Wildman–Crippen LogP) is 3.91. The Kier molecular flexibility index (Phi) is 4.56. The molecule has 1 heterocycles. The number of hydrogen-bond acceptors (Lipinski definition) is 4. The maximum atomic E-state index is 10.3. The number of ether oxygens (including phenoxy) is 2. The zero-order valence-corrected chi connectivity index (χ0v) is 17.8. The molecule has 4 nitrogen and oxygen atoms in total. The fourth-order valence-corrected chi connectivity index (χ4v) is 8.74. The summed E-state index contributed by atoms with van der Waals surface area (Å²) < 4.78 is 12.3. The minimum Gasteiger partial charge on any atom is -0.396 e. The Morgan fingerprint density at radius 3 is 2.54 bits per heavy atom. The lowest BCUT2D eigenvalue weighted by molar-refractivity contribution is -0.225. The van der Waals surface area contributed by atoms with E-state index in [0.717, 1.165) is 38.0 Å². The van der Waals surface area contributed by atoms with Crippen molar-refractivity contribution in [2.24, 2.45) is 40.4 Å². The summed E-state index contributed by atoms with van der Waals surface area (Å²) in [6, 6.07) is 0. The molecule has 28 heavy (non-hydrogen) atoms. The molecule has 0 aromatic carbocycles. The lowest BCUT2D eigenvalue weighted by atomic mass is 9.47. The maximum Gasteiger partial charge on any atom is 0.169 e. The van der Waals surface area contributed by atoms with Gasteiger partial charge in [-0.1, -0.05) is 25.5 Å². The molecular weight excluding hydrogens is 352 g/mol. The van der Waals surface area contributed by atoms with Gasteiger partial charge in [0.1, 0.15) is 0 Å². The molecule has 2 N–H and O–H groups in total. The first-order valence-electron chi connectivity index (χ1n) is 11.6. The molecule has 0 bridgehead atoms. The van der Waals surface area contributed by atoms with Crippen LogP contribution in [-0.2, 0) is 9.47 Å². The third-order valence-corrected chi connectivity index (χ3v) is 9.91. The van der Waals surface area contributed by atoms with Crippen LogP contribution in [0.3, 0.4) is 0 Å². The number of allylic oxidation sites excluding steroid dienone is 1. The zero-order valence-electron chi connectivity index (χ0n) is 17.8. The molecule has 1 saturated heterocycles. The molecular formula is C24H38O4. The summed E-state index contributed by atoms with van der Waals surface area (Å²) in [5.74, 6) is 2.02. The van der Waals surface area contributed by atoms with E-state index < -0.39 is 5.79 Å². The summed E-state index contributed by atoms with van der Waals surface area (Å²) in [5.41, 5.74) is 1.96. The van der Waals surface area contributed by atoms with Crippen LogP contribution < -0.4 is 0 Å². The van der Waals surface area contributed by atoms with Gasteiger partial charge in [0.2, 0.25) is 0 Å². The van der Waals surface area contributed by atoms with Crippen molar-refractivity contribution in [2.45, 2.75) is 77.6 Å². The van der Waals surface area contributed by atoms with E-state index >= 15 is 0 Å². The minimum atomic E-state index is -0.543. The normalized spacial score (nSPS) is 52.5. The highest BCUT2D eigenvalue weighted by molar-refractivity contribution is 5.26. The summed E-state index contributed by atoms with van der Waals surface area (Å²) in [4.78, 5) is 0. The van der Waals surface area contributed by atoms with Crippen LogP contribution in [0.25, 0.3) is 0 Å². The van der Waals surface area contributed by atoms with Gasteiger partial charge in [-0.05, 0) is 86.4 Å². The molecule has 3 saturated carbocycles. The highest BCUT2D eigenvalue weighted by Gasteiger charge is 2.65. The van der Waals surface area contributed by atoms with E-state index in [9.17, 15) is 10.2 Å². The van der Waals surface area contributed by atoms with Crippen molar-refractivity contribution in [2.75, 3.05) is 19.8 Å². The Balaban J connectivity index is 1.49. The smallest absolute Gasteiger partial charge is 0.169 e. The van der Waals surface area contributed by atoms with Crippen molar-refractivity contribution < 1.29 is 19.7 Å². The number of rotatable bonds is 2. The minimum absolute atomic E-state index is 0.143. The Morgan fingerprint density at radius 2 is 1.82 bits per heavy atom. The molecule has 0 spiro atoms. The van der Waals surface area contributed by atoms with Gasteiger partial charge in [0, 0.05) is 12.5 Å². The highest BCUT2D eigenvalue weighted by Crippen LogP contribution is 2.69. The molecule has 5 aliphatic rings. The van der Waals surface area contributed by atoms with Crippen LogP contribution in [0.2, 0.25) is 0 Å². The van der Waals surface area contributed by atoms with Gasteiger partial charge in [0.25, 0.3) is 0 Å². The molecule has 4 fully saturated rings. The molecule has 158 valence electrons. The summed E-state index contributed by atoms with van der Waals surface area (Å²) in [6.07, 6.45) is 10.00. The summed E-state index contributed by atoms with van der Waals surface area (Å²) in [6.45, 7) is 8.65. The lowest BCUT2D eigenvalue weighted by Crippen LogP contribution is -2.54. The topological polar surface area (TPSA) is 58.9 Å². The molecule has 4 aliphatic carbocycles. The first-order chi connectivity index (χ1) is 13.3. The van der Waals surface area contributed by atoms with Crippen LogP contribution in [-0.4, -0.2) is 41.9 Å². The number of hydrogen-bond donors (Lipinski definition) is 2. The van der Waals surface area contributed by atoms with Crippen molar-refractivity contribution in [1.29, 1.82) is 0 Å². The Morgan fingerprint density at radius 1 is 1.07 bits per heavy atom. The van der Waals surface area contributed by atoms with Gasteiger partial charge in [0.15, 0.2) is 5.79 Å². The van der Waals surface area contributed by atoms with Crippen molar-refractivity contribution in [3.05, 3.63) is 11.6 Å². The van der Waals surface area contributed by atoms with Crippen molar-refractivity contribution >= 4 is 0 Å². The van der Waals surface area contributed by atoms with E-state index in [1.165, 1.54) is 18.4 Å². The Labute approximate surface area is 169 Å². The van der Waals surface area contributed by atoms with Crippen molar-refractivity contribution in [3.63, 3.8) is 0 Å². The highest BCUT2D eigenvalue weighted by atomic mass is 16.7. The third-order valence-electron chi connectivity index (χ3n) is 9.91. The molecule has 0 radical (unpaired) electrons. The van der Waals surface area contributed by atoms with Gasteiger partial charge in [-0.3, -0.25) is 0 Å². The Bertz CT molecular complexity index is 653. The van der Waals surface area contributed by atoms with E-state index in [-0.39, 0.29) is 35.4 Å². The fraction of sp³-hybridized carbons (Fsp3) is 0.917. The van der Waals surface area contributed by atoms with Crippen LogP contribution in [0.1, 0.15) is 65.7 Å². The average Bonchev–Trinajstić information content (AvgIpc) is 3.23. The van der Waals surface area contributed by atoms with E-state index in [2.05, 4.69) is 26.8 Å². The maximum absolute atomic E-state index is 10.3. The van der Waals surface area contributed by atoms with Crippen LogP contribution in [0, 0.1) is 40.4 Å². The molecule has 0 aromatic rings. The Hall–Kier alpha value is -0.420. The largest absolute Gasteiger partial charge is 0.396 e. The number of aliphatic hydroxyl groups excluding tert-OH is 2. The second-order valence-electron chi connectivity index (χ2n) is 11.1. The first-order valence-corrected chi connectivity index (χ1v) is 11.6. The summed E-state index contributed by atoms with van der Waals surface area (Å²) >= 11 is 0. The van der Waals surface area contributed by atoms with Gasteiger partial charge >= 0.3 is 0 Å². The van der Waals surface area contributed by atoms with Crippen LogP contribution in [0.5, 0.6) is 0 Å². The molecule has 0 aromatic heterocycles. The van der Waals surface area contributed by atoms with Crippen molar-refractivity contribution in [1.82, 2.24) is 0 Å². The number of fused-ring (bicyclic) bond motifs is 5. The van der Waals surface area contributed by atoms with Gasteiger partial charge in [-0.25, -0.2) is 0 Å². The van der Waals surface area contributed by atoms with Gasteiger partial charge in [-0.15, -0.1) is 0 Å². The molecule has 8 atom stereocenters. The van der Waals surface area contributed by atoms with E-state index in [1.807, 2.05) is 0 Å². The molecule has 7 unspecified atom stereocenters. The quantitative estimate of drug-likeness (QED) is 0.702. The molecule has 5 rings (SSSR count). The average molecular weight is 391 g/mol. The fourth-order valence-electron chi connectivity index (χ4n) is 8.74. The second-order valence-corrected chi connectivity index (χ2v) is 11.1.